The van der Waals surface area contributed by atoms with Crippen LogP contribution in [0.1, 0.15) is 27.7 Å². The predicted molar refractivity (Wildman–Crippen MR) is 83.6 cm³/mol. The Balaban J connectivity index is 2.78. The van der Waals surface area contributed by atoms with Gasteiger partial charge in [-0.3, -0.25) is 4.79 Å². The monoisotopic (exact) mass is 328 g/mol. The maximum absolute atomic E-state index is 12.1. The Morgan fingerprint density at radius 3 is 2.48 bits per heavy atom. The molecule has 21 heavy (non-hydrogen) atoms. The van der Waals surface area contributed by atoms with Gasteiger partial charge in [0.25, 0.3) is 5.91 Å². The lowest BCUT2D eigenvalue weighted by atomic mass is 9.90. The second-order valence-corrected chi connectivity index (χ2v) is 6.14. The lowest BCUT2D eigenvalue weighted by molar-refractivity contribution is -0.128. The maximum Gasteiger partial charge on any atom is 0.262 e. The summed E-state index contributed by atoms with van der Waals surface area (Å²) in [6.07, 6.45) is -0.782. The quantitative estimate of drug-likeness (QED) is 0.893. The normalized spacial score (nSPS) is 15.0. The highest BCUT2D eigenvalue weighted by atomic mass is 35.5. The van der Waals surface area contributed by atoms with Gasteiger partial charge in [0.05, 0.1) is 11.1 Å². The number of nitrogens with zero attached hydrogens (tertiary/aromatic N) is 1. The molecule has 0 aliphatic rings. The highest BCUT2D eigenvalue weighted by molar-refractivity contribution is 6.35. The van der Waals surface area contributed by atoms with Gasteiger partial charge < -0.3 is 10.1 Å². The van der Waals surface area contributed by atoms with E-state index in [1.54, 1.807) is 26.0 Å². The van der Waals surface area contributed by atoms with E-state index in [0.29, 0.717) is 15.8 Å². The summed E-state index contributed by atoms with van der Waals surface area (Å²) in [5.41, 5.74) is -0.946. The van der Waals surface area contributed by atoms with Gasteiger partial charge in [-0.05, 0) is 38.0 Å². The molecule has 0 aliphatic heterocycles. The average Bonchev–Trinajstić information content (AvgIpc) is 2.41. The smallest absolute Gasteiger partial charge is 0.262 e. The minimum Gasteiger partial charge on any atom is -0.479 e. The molecule has 1 aromatic carbocycles. The van der Waals surface area contributed by atoms with Crippen molar-refractivity contribution in [1.82, 2.24) is 5.32 Å². The van der Waals surface area contributed by atoms with Gasteiger partial charge in [0.2, 0.25) is 0 Å². The van der Waals surface area contributed by atoms with Crippen LogP contribution in [0, 0.1) is 17.2 Å². The van der Waals surface area contributed by atoms with E-state index in [4.69, 9.17) is 27.9 Å². The van der Waals surface area contributed by atoms with Crippen molar-refractivity contribution in [1.29, 1.82) is 5.26 Å². The van der Waals surface area contributed by atoms with Crippen molar-refractivity contribution in [3.63, 3.8) is 0 Å². The van der Waals surface area contributed by atoms with E-state index >= 15 is 0 Å². The third-order valence-corrected chi connectivity index (χ3v) is 3.87. The van der Waals surface area contributed by atoms with Crippen LogP contribution in [-0.4, -0.2) is 17.6 Å². The number of carbonyl (C=O) groups excluding carboxylic acids is 1. The second kappa shape index (κ2) is 7.02. The van der Waals surface area contributed by atoms with E-state index in [1.165, 1.54) is 6.07 Å². The summed E-state index contributed by atoms with van der Waals surface area (Å²) >= 11 is 11.8. The molecule has 0 saturated carbocycles. The number of ether oxygens (including phenoxy) is 1. The molecule has 4 nitrogen and oxygen atoms in total. The van der Waals surface area contributed by atoms with Crippen LogP contribution < -0.4 is 10.1 Å². The van der Waals surface area contributed by atoms with E-state index in [0.717, 1.165) is 0 Å². The van der Waals surface area contributed by atoms with Gasteiger partial charge in [-0.25, -0.2) is 0 Å². The molecule has 0 bridgehead atoms. The van der Waals surface area contributed by atoms with E-state index in [1.807, 2.05) is 13.8 Å². The predicted octanol–water partition coefficient (Wildman–Crippen LogP) is 3.82. The standard InChI is InChI=1S/C15H18Cl2N2O2/c1-9(2)15(4,8-18)19-14(20)10(3)21-13-6-5-11(16)7-12(13)17/h5-7,9-10H,1-4H3,(H,19,20). The van der Waals surface area contributed by atoms with Gasteiger partial charge >= 0.3 is 0 Å². The third kappa shape index (κ3) is 4.52. The number of carbonyl (C=O) groups is 1. The zero-order valence-electron chi connectivity index (χ0n) is 12.4. The molecule has 0 spiro atoms. The van der Waals surface area contributed by atoms with Crippen molar-refractivity contribution < 1.29 is 9.53 Å². The Morgan fingerprint density at radius 2 is 2.00 bits per heavy atom. The fourth-order valence-electron chi connectivity index (χ4n) is 1.47. The number of rotatable bonds is 5. The van der Waals surface area contributed by atoms with Crippen LogP contribution in [-0.2, 0) is 4.79 Å². The van der Waals surface area contributed by atoms with Crippen LogP contribution in [0.3, 0.4) is 0 Å². The number of amides is 1. The highest BCUT2D eigenvalue weighted by Crippen LogP contribution is 2.28. The molecule has 2 unspecified atom stereocenters. The van der Waals surface area contributed by atoms with Crippen molar-refractivity contribution in [2.45, 2.75) is 39.3 Å². The van der Waals surface area contributed by atoms with E-state index in [-0.39, 0.29) is 11.8 Å². The molecular formula is C15H18Cl2N2O2. The maximum atomic E-state index is 12.1. The highest BCUT2D eigenvalue weighted by Gasteiger charge is 2.32. The molecule has 1 N–H and O–H groups in total. The first-order valence-electron chi connectivity index (χ1n) is 6.54. The molecule has 6 heteroatoms. The zero-order valence-corrected chi connectivity index (χ0v) is 13.9. The van der Waals surface area contributed by atoms with Crippen LogP contribution in [0.5, 0.6) is 5.75 Å². The first-order chi connectivity index (χ1) is 9.69. The van der Waals surface area contributed by atoms with Gasteiger partial charge in [-0.1, -0.05) is 37.0 Å². The topological polar surface area (TPSA) is 62.1 Å². The van der Waals surface area contributed by atoms with Gasteiger partial charge in [-0.15, -0.1) is 0 Å². The Kier molecular flexibility index (Phi) is 5.88. The van der Waals surface area contributed by atoms with Crippen LogP contribution >= 0.6 is 23.2 Å². The Hall–Kier alpha value is -1.44. The number of halogens is 2. The van der Waals surface area contributed by atoms with E-state index in [2.05, 4.69) is 11.4 Å². The first kappa shape index (κ1) is 17.6. The fourth-order valence-corrected chi connectivity index (χ4v) is 1.93. The van der Waals surface area contributed by atoms with Crippen molar-refractivity contribution in [3.8, 4) is 11.8 Å². The summed E-state index contributed by atoms with van der Waals surface area (Å²) in [6, 6.07) is 6.88. The molecule has 1 rings (SSSR count). The number of nitriles is 1. The van der Waals surface area contributed by atoms with Crippen molar-refractivity contribution >= 4 is 29.1 Å². The lowest BCUT2D eigenvalue weighted by Crippen LogP contribution is -2.52. The molecule has 0 fully saturated rings. The summed E-state index contributed by atoms with van der Waals surface area (Å²) in [6.45, 7) is 7.01. The van der Waals surface area contributed by atoms with Gasteiger partial charge in [0, 0.05) is 5.02 Å². The average molecular weight is 329 g/mol. The molecule has 1 aromatic rings. The van der Waals surface area contributed by atoms with E-state index in [9.17, 15) is 10.1 Å². The summed E-state index contributed by atoms with van der Waals surface area (Å²) < 4.78 is 5.52. The van der Waals surface area contributed by atoms with E-state index < -0.39 is 11.6 Å². The number of nitrogens with one attached hydrogen (secondary N) is 1. The largest absolute Gasteiger partial charge is 0.479 e. The Bertz CT molecular complexity index is 569. The number of benzene rings is 1. The number of hydrogen-bond acceptors (Lipinski definition) is 3. The molecule has 0 aliphatic carbocycles. The molecule has 2 atom stereocenters. The molecule has 0 heterocycles. The van der Waals surface area contributed by atoms with Crippen molar-refractivity contribution in [2.24, 2.45) is 5.92 Å². The first-order valence-corrected chi connectivity index (χ1v) is 7.30. The molecule has 0 aromatic heterocycles. The second-order valence-electron chi connectivity index (χ2n) is 5.29. The minimum absolute atomic E-state index is 0.0298. The third-order valence-electron chi connectivity index (χ3n) is 3.34. The molecule has 114 valence electrons. The van der Waals surface area contributed by atoms with Gasteiger partial charge in [0.1, 0.15) is 11.3 Å². The molecule has 0 saturated heterocycles. The SMILES string of the molecule is CC(Oc1ccc(Cl)cc1Cl)C(=O)NC(C)(C#N)C(C)C. The fraction of sp³-hybridized carbons (Fsp3) is 0.467. The summed E-state index contributed by atoms with van der Waals surface area (Å²) in [7, 11) is 0. The van der Waals surface area contributed by atoms with Crippen molar-refractivity contribution in [3.05, 3.63) is 28.2 Å². The number of hydrogen-bond donors (Lipinski definition) is 1. The van der Waals surface area contributed by atoms with Crippen molar-refractivity contribution in [2.75, 3.05) is 0 Å². The molecule has 1 amide bonds. The Morgan fingerprint density at radius 1 is 1.38 bits per heavy atom. The zero-order chi connectivity index (χ0) is 16.2. The summed E-state index contributed by atoms with van der Waals surface area (Å²) in [5.74, 6) is -0.0385. The molecule has 0 radical (unpaired) electrons. The summed E-state index contributed by atoms with van der Waals surface area (Å²) in [4.78, 5) is 12.1. The minimum atomic E-state index is -0.946. The van der Waals surface area contributed by atoms with Crippen LogP contribution in [0.15, 0.2) is 18.2 Å². The van der Waals surface area contributed by atoms with Crippen LogP contribution in [0.2, 0.25) is 10.0 Å². The Labute approximate surface area is 135 Å². The summed E-state index contributed by atoms with van der Waals surface area (Å²) in [5, 5.41) is 12.7. The molecular weight excluding hydrogens is 311 g/mol. The lowest BCUT2D eigenvalue weighted by Gasteiger charge is -2.28. The van der Waals surface area contributed by atoms with Crippen LogP contribution in [0.25, 0.3) is 0 Å². The van der Waals surface area contributed by atoms with Crippen LogP contribution in [0.4, 0.5) is 0 Å². The van der Waals surface area contributed by atoms with Gasteiger partial charge in [-0.2, -0.15) is 5.26 Å². The van der Waals surface area contributed by atoms with Gasteiger partial charge in [0.15, 0.2) is 6.10 Å².